The molecule has 2 rings (SSSR count). The lowest BCUT2D eigenvalue weighted by Crippen LogP contribution is -2.02. The van der Waals surface area contributed by atoms with Crippen LogP contribution < -0.4 is 0 Å². The second-order valence-electron chi connectivity index (χ2n) is 4.08. The first-order chi connectivity index (χ1) is 9.97. The van der Waals surface area contributed by atoms with E-state index in [1.807, 2.05) is 0 Å². The molecule has 1 aromatic carbocycles. The molecule has 8 heteroatoms. The summed E-state index contributed by atoms with van der Waals surface area (Å²) in [6.45, 7) is 0. The number of carboxylic acid groups (broad SMARTS) is 1. The van der Waals surface area contributed by atoms with Crippen LogP contribution in [0.3, 0.4) is 0 Å². The summed E-state index contributed by atoms with van der Waals surface area (Å²) in [6.07, 6.45) is 1.20. The molecule has 0 aliphatic carbocycles. The lowest BCUT2D eigenvalue weighted by molar-refractivity contribution is -0.384. The van der Waals surface area contributed by atoms with Crippen LogP contribution >= 0.6 is 0 Å². The predicted octanol–water partition coefficient (Wildman–Crippen LogP) is 2.00. The van der Waals surface area contributed by atoms with Gasteiger partial charge in [-0.15, -0.1) is 0 Å². The van der Waals surface area contributed by atoms with Crippen molar-refractivity contribution in [2.24, 2.45) is 0 Å². The van der Waals surface area contributed by atoms with Crippen molar-refractivity contribution in [1.29, 1.82) is 0 Å². The van der Waals surface area contributed by atoms with Crippen LogP contribution in [0.2, 0.25) is 0 Å². The fraction of sp³-hybridized carbons (Fsp3) is 0.0769. The Bertz CT molecular complexity index is 698. The SMILES string of the molecule is O=C(O)c1ccc(CS(=O)c2ccc([N+](=O)[O-])cc2)nc1. The molecule has 7 nitrogen and oxygen atoms in total. The molecule has 1 N–H and O–H groups in total. The Hall–Kier alpha value is -2.61. The van der Waals surface area contributed by atoms with Crippen LogP contribution in [0.1, 0.15) is 16.1 Å². The molecule has 2 aromatic rings. The van der Waals surface area contributed by atoms with Gasteiger partial charge in [0.15, 0.2) is 0 Å². The molecule has 0 radical (unpaired) electrons. The number of pyridine rings is 1. The molecule has 1 aromatic heterocycles. The van der Waals surface area contributed by atoms with Crippen LogP contribution in [0.15, 0.2) is 47.5 Å². The smallest absolute Gasteiger partial charge is 0.337 e. The number of benzene rings is 1. The minimum Gasteiger partial charge on any atom is -0.478 e. The molecule has 0 saturated heterocycles. The zero-order chi connectivity index (χ0) is 15.4. The largest absolute Gasteiger partial charge is 0.478 e. The van der Waals surface area contributed by atoms with Crippen molar-refractivity contribution in [2.45, 2.75) is 10.6 Å². The number of non-ortho nitro benzene ring substituents is 1. The summed E-state index contributed by atoms with van der Waals surface area (Å²) >= 11 is 0. The minimum atomic E-state index is -1.41. The van der Waals surface area contributed by atoms with Crippen molar-refractivity contribution >= 4 is 22.5 Å². The highest BCUT2D eigenvalue weighted by atomic mass is 32.2. The molecule has 1 unspecified atom stereocenters. The predicted molar refractivity (Wildman–Crippen MR) is 74.4 cm³/mol. The molecule has 0 aliphatic rings. The van der Waals surface area contributed by atoms with Gasteiger partial charge in [0.05, 0.1) is 32.7 Å². The Balaban J connectivity index is 2.10. The van der Waals surface area contributed by atoms with E-state index in [1.165, 1.54) is 42.6 Å². The quantitative estimate of drug-likeness (QED) is 0.668. The van der Waals surface area contributed by atoms with Gasteiger partial charge in [-0.05, 0) is 24.3 Å². The number of rotatable bonds is 5. The molecule has 1 atom stereocenters. The highest BCUT2D eigenvalue weighted by Crippen LogP contribution is 2.16. The lowest BCUT2D eigenvalue weighted by Gasteiger charge is -2.02. The topological polar surface area (TPSA) is 110 Å². The molecule has 21 heavy (non-hydrogen) atoms. The summed E-state index contributed by atoms with van der Waals surface area (Å²) in [5.41, 5.74) is 0.469. The van der Waals surface area contributed by atoms with Crippen molar-refractivity contribution < 1.29 is 19.0 Å². The van der Waals surface area contributed by atoms with Crippen molar-refractivity contribution in [3.05, 3.63) is 64.0 Å². The Morgan fingerprint density at radius 2 is 1.90 bits per heavy atom. The van der Waals surface area contributed by atoms with E-state index in [2.05, 4.69) is 4.98 Å². The minimum absolute atomic E-state index is 0.0554. The Morgan fingerprint density at radius 3 is 2.38 bits per heavy atom. The number of nitro groups is 1. The molecule has 0 spiro atoms. The lowest BCUT2D eigenvalue weighted by atomic mass is 10.2. The molecule has 0 fully saturated rings. The fourth-order valence-corrected chi connectivity index (χ4v) is 2.62. The normalized spacial score (nSPS) is 11.8. The molecule has 0 aliphatic heterocycles. The van der Waals surface area contributed by atoms with E-state index in [0.717, 1.165) is 0 Å². The third kappa shape index (κ3) is 3.69. The number of carbonyl (C=O) groups is 1. The van der Waals surface area contributed by atoms with Crippen LogP contribution in [0.4, 0.5) is 5.69 Å². The van der Waals surface area contributed by atoms with Crippen molar-refractivity contribution in [3.63, 3.8) is 0 Å². The van der Waals surface area contributed by atoms with Gasteiger partial charge in [-0.3, -0.25) is 19.3 Å². The number of aromatic nitrogens is 1. The van der Waals surface area contributed by atoms with Gasteiger partial charge in [0, 0.05) is 23.2 Å². The summed E-state index contributed by atoms with van der Waals surface area (Å²) < 4.78 is 12.1. The van der Waals surface area contributed by atoms with Crippen LogP contribution in [0.5, 0.6) is 0 Å². The zero-order valence-electron chi connectivity index (χ0n) is 10.6. The summed E-state index contributed by atoms with van der Waals surface area (Å²) in [5.74, 6) is -0.969. The van der Waals surface area contributed by atoms with Gasteiger partial charge >= 0.3 is 5.97 Å². The van der Waals surface area contributed by atoms with E-state index in [4.69, 9.17) is 5.11 Å². The number of hydrogen-bond acceptors (Lipinski definition) is 5. The van der Waals surface area contributed by atoms with Gasteiger partial charge in [0.2, 0.25) is 0 Å². The highest BCUT2D eigenvalue weighted by Gasteiger charge is 2.10. The number of nitrogens with zero attached hydrogens (tertiary/aromatic N) is 2. The van der Waals surface area contributed by atoms with E-state index in [-0.39, 0.29) is 17.0 Å². The van der Waals surface area contributed by atoms with E-state index in [1.54, 1.807) is 0 Å². The average molecular weight is 306 g/mol. The fourth-order valence-electron chi connectivity index (χ4n) is 1.57. The summed E-state index contributed by atoms with van der Waals surface area (Å²) in [4.78, 5) is 25.1. The zero-order valence-corrected chi connectivity index (χ0v) is 11.4. The Labute approximate surface area is 121 Å². The standard InChI is InChI=1S/C13H10N2O5S/c16-13(17)9-1-2-10(14-7-9)8-21(20)12-5-3-11(4-6-12)15(18)19/h1-7H,8H2,(H,16,17). The first-order valence-corrected chi connectivity index (χ1v) is 7.10. The molecule has 0 bridgehead atoms. The summed E-state index contributed by atoms with van der Waals surface area (Å²) in [6, 6.07) is 8.31. The van der Waals surface area contributed by atoms with E-state index < -0.39 is 21.7 Å². The maximum Gasteiger partial charge on any atom is 0.337 e. The van der Waals surface area contributed by atoms with E-state index >= 15 is 0 Å². The van der Waals surface area contributed by atoms with Crippen LogP contribution in [0.25, 0.3) is 0 Å². The molecule has 0 saturated carbocycles. The van der Waals surface area contributed by atoms with Crippen LogP contribution in [0, 0.1) is 10.1 Å². The van der Waals surface area contributed by atoms with Crippen LogP contribution in [-0.2, 0) is 16.6 Å². The average Bonchev–Trinajstić information content (AvgIpc) is 2.47. The molecule has 0 amide bonds. The van der Waals surface area contributed by atoms with Gasteiger partial charge in [0.25, 0.3) is 5.69 Å². The third-order valence-electron chi connectivity index (χ3n) is 2.66. The maximum atomic E-state index is 12.1. The van der Waals surface area contributed by atoms with Gasteiger partial charge in [-0.25, -0.2) is 4.79 Å². The second kappa shape index (κ2) is 6.23. The third-order valence-corrected chi connectivity index (χ3v) is 4.02. The van der Waals surface area contributed by atoms with Crippen molar-refractivity contribution in [1.82, 2.24) is 4.98 Å². The highest BCUT2D eigenvalue weighted by molar-refractivity contribution is 7.84. The number of aromatic carboxylic acids is 1. The molecular formula is C13H10N2O5S. The molecular weight excluding hydrogens is 296 g/mol. The Kier molecular flexibility index (Phi) is 4.39. The number of carboxylic acids is 1. The van der Waals surface area contributed by atoms with Crippen LogP contribution in [-0.4, -0.2) is 25.2 Å². The second-order valence-corrected chi connectivity index (χ2v) is 5.54. The summed E-state index contributed by atoms with van der Waals surface area (Å²) in [5, 5.41) is 19.3. The first-order valence-electron chi connectivity index (χ1n) is 5.78. The van der Waals surface area contributed by atoms with Crippen molar-refractivity contribution in [3.8, 4) is 0 Å². The van der Waals surface area contributed by atoms with E-state index in [9.17, 15) is 19.1 Å². The van der Waals surface area contributed by atoms with Gasteiger partial charge in [0.1, 0.15) is 0 Å². The maximum absolute atomic E-state index is 12.1. The monoisotopic (exact) mass is 306 g/mol. The summed E-state index contributed by atoms with van der Waals surface area (Å²) in [7, 11) is -1.41. The Morgan fingerprint density at radius 1 is 1.24 bits per heavy atom. The van der Waals surface area contributed by atoms with Gasteiger partial charge in [-0.1, -0.05) is 0 Å². The first kappa shape index (κ1) is 14.8. The molecule has 1 heterocycles. The van der Waals surface area contributed by atoms with Gasteiger partial charge < -0.3 is 5.11 Å². The number of nitro benzene ring substituents is 1. The number of hydrogen-bond donors (Lipinski definition) is 1. The van der Waals surface area contributed by atoms with Crippen molar-refractivity contribution in [2.75, 3.05) is 0 Å². The van der Waals surface area contributed by atoms with E-state index in [0.29, 0.717) is 10.6 Å². The van der Waals surface area contributed by atoms with Gasteiger partial charge in [-0.2, -0.15) is 0 Å². The molecule has 108 valence electrons.